The van der Waals surface area contributed by atoms with Gasteiger partial charge in [0.15, 0.2) is 5.65 Å². The molecule has 2 heterocycles. The van der Waals surface area contributed by atoms with Crippen LogP contribution >= 0.6 is 15.9 Å². The Labute approximate surface area is 222 Å². The smallest absolute Gasteiger partial charge is 0.323 e. The van der Waals surface area contributed by atoms with Crippen molar-refractivity contribution in [3.05, 3.63) is 101 Å². The van der Waals surface area contributed by atoms with Crippen molar-refractivity contribution < 1.29 is 9.53 Å². The fraction of sp³-hybridized carbons (Fsp3) is 0.107. The van der Waals surface area contributed by atoms with E-state index in [2.05, 4.69) is 56.0 Å². The lowest BCUT2D eigenvalue weighted by Crippen LogP contribution is -2.19. The molecule has 0 aliphatic carbocycles. The van der Waals surface area contributed by atoms with Crippen LogP contribution < -0.4 is 20.7 Å². The van der Waals surface area contributed by atoms with Crippen LogP contribution in [0.4, 0.5) is 22.0 Å². The normalized spacial score (nSPS) is 10.8. The average Bonchev–Trinajstić information content (AvgIpc) is 3.28. The Hall–Kier alpha value is -4.37. The molecule has 8 nitrogen and oxygen atoms in total. The van der Waals surface area contributed by atoms with Crippen molar-refractivity contribution in [3.8, 4) is 17.0 Å². The first kappa shape index (κ1) is 24.3. The first-order valence-corrected chi connectivity index (χ1v) is 12.4. The number of amides is 2. The molecule has 0 radical (unpaired) electrons. The van der Waals surface area contributed by atoms with E-state index in [-0.39, 0.29) is 6.03 Å². The minimum Gasteiger partial charge on any atom is -0.497 e. The number of ether oxygens (including phenoxy) is 1. The van der Waals surface area contributed by atoms with Crippen LogP contribution in [0, 0.1) is 6.92 Å². The molecule has 2 amide bonds. The highest BCUT2D eigenvalue weighted by Crippen LogP contribution is 2.28. The van der Waals surface area contributed by atoms with Crippen molar-refractivity contribution in [2.75, 3.05) is 23.1 Å². The summed E-state index contributed by atoms with van der Waals surface area (Å²) in [5.41, 5.74) is 6.12. The summed E-state index contributed by atoms with van der Waals surface area (Å²) in [4.78, 5) is 17.3. The third kappa shape index (κ3) is 5.57. The lowest BCUT2D eigenvalue weighted by atomic mass is 10.1. The van der Waals surface area contributed by atoms with E-state index in [9.17, 15) is 4.79 Å². The molecule has 3 N–H and O–H groups in total. The lowest BCUT2D eigenvalue weighted by molar-refractivity contribution is 0.262. The number of aryl methyl sites for hydroxylation is 1. The summed E-state index contributed by atoms with van der Waals surface area (Å²) in [6.07, 6.45) is 1.74. The van der Waals surface area contributed by atoms with E-state index in [1.165, 1.54) is 0 Å². The molecular weight excluding hydrogens is 532 g/mol. The van der Waals surface area contributed by atoms with Crippen molar-refractivity contribution in [1.82, 2.24) is 14.6 Å². The van der Waals surface area contributed by atoms with E-state index in [0.29, 0.717) is 23.7 Å². The SMILES string of the molecule is COc1cccc(NC(=O)Nc2cccc(CNc3cc(-c4ccccc4C)nc4c(Br)cnn34)c2)c1. The first-order chi connectivity index (χ1) is 18.0. The van der Waals surface area contributed by atoms with Gasteiger partial charge in [-0.05, 0) is 58.2 Å². The number of carbonyl (C=O) groups excluding carboxylic acids is 1. The van der Waals surface area contributed by atoms with Crippen LogP contribution in [0.2, 0.25) is 0 Å². The molecular formula is C28H25BrN6O2. The predicted molar refractivity (Wildman–Crippen MR) is 150 cm³/mol. The molecule has 5 aromatic rings. The van der Waals surface area contributed by atoms with Crippen LogP contribution in [0.3, 0.4) is 0 Å². The van der Waals surface area contributed by atoms with Crippen LogP contribution in [0.25, 0.3) is 16.9 Å². The van der Waals surface area contributed by atoms with Crippen LogP contribution in [0.15, 0.2) is 89.5 Å². The number of fused-ring (bicyclic) bond motifs is 1. The molecule has 37 heavy (non-hydrogen) atoms. The molecule has 5 rings (SSSR count). The van der Waals surface area contributed by atoms with Gasteiger partial charge in [0, 0.05) is 35.6 Å². The zero-order valence-corrected chi connectivity index (χ0v) is 21.9. The second-order valence-corrected chi connectivity index (χ2v) is 9.29. The van der Waals surface area contributed by atoms with Gasteiger partial charge < -0.3 is 20.7 Å². The van der Waals surface area contributed by atoms with Gasteiger partial charge in [0.25, 0.3) is 0 Å². The number of anilines is 3. The topological polar surface area (TPSA) is 92.6 Å². The Kier molecular flexibility index (Phi) is 7.04. The Morgan fingerprint density at radius 3 is 2.51 bits per heavy atom. The van der Waals surface area contributed by atoms with E-state index >= 15 is 0 Å². The molecule has 0 spiro atoms. The second kappa shape index (κ2) is 10.7. The predicted octanol–water partition coefficient (Wildman–Crippen LogP) is 6.73. The number of rotatable bonds is 7. The van der Waals surface area contributed by atoms with Crippen LogP contribution in [0.1, 0.15) is 11.1 Å². The summed E-state index contributed by atoms with van der Waals surface area (Å²) in [6.45, 7) is 2.60. The van der Waals surface area contributed by atoms with Gasteiger partial charge in [-0.15, -0.1) is 0 Å². The van der Waals surface area contributed by atoms with E-state index in [4.69, 9.17) is 9.72 Å². The van der Waals surface area contributed by atoms with E-state index in [1.807, 2.05) is 54.6 Å². The molecule has 0 saturated heterocycles. The summed E-state index contributed by atoms with van der Waals surface area (Å²) in [5.74, 6) is 1.48. The second-order valence-electron chi connectivity index (χ2n) is 8.43. The Morgan fingerprint density at radius 1 is 0.973 bits per heavy atom. The highest BCUT2D eigenvalue weighted by molar-refractivity contribution is 9.10. The van der Waals surface area contributed by atoms with Crippen molar-refractivity contribution in [2.45, 2.75) is 13.5 Å². The largest absolute Gasteiger partial charge is 0.497 e. The van der Waals surface area contributed by atoms with Gasteiger partial charge in [0.1, 0.15) is 11.6 Å². The van der Waals surface area contributed by atoms with Crippen LogP contribution in [-0.2, 0) is 6.54 Å². The molecule has 186 valence electrons. The van der Waals surface area contributed by atoms with Crippen molar-refractivity contribution in [2.24, 2.45) is 0 Å². The number of carbonyl (C=O) groups is 1. The van der Waals surface area contributed by atoms with Crippen LogP contribution in [0.5, 0.6) is 5.75 Å². The molecule has 3 aromatic carbocycles. The third-order valence-electron chi connectivity index (χ3n) is 5.84. The number of nitrogens with zero attached hydrogens (tertiary/aromatic N) is 3. The van der Waals surface area contributed by atoms with Gasteiger partial charge >= 0.3 is 6.03 Å². The van der Waals surface area contributed by atoms with E-state index in [1.54, 1.807) is 30.0 Å². The van der Waals surface area contributed by atoms with E-state index in [0.717, 1.165) is 38.3 Å². The fourth-order valence-corrected chi connectivity index (χ4v) is 4.35. The number of aromatic nitrogens is 3. The highest BCUT2D eigenvalue weighted by Gasteiger charge is 2.13. The molecule has 9 heteroatoms. The molecule has 0 saturated carbocycles. The third-order valence-corrected chi connectivity index (χ3v) is 6.40. The number of benzene rings is 3. The lowest BCUT2D eigenvalue weighted by Gasteiger charge is -2.13. The van der Waals surface area contributed by atoms with Gasteiger partial charge in [-0.25, -0.2) is 9.78 Å². The Bertz CT molecular complexity index is 1580. The number of methoxy groups -OCH3 is 1. The summed E-state index contributed by atoms with van der Waals surface area (Å²) in [7, 11) is 1.59. The molecule has 0 fully saturated rings. The van der Waals surface area contributed by atoms with Gasteiger partial charge in [-0.1, -0.05) is 42.5 Å². The van der Waals surface area contributed by atoms with Crippen molar-refractivity contribution >= 4 is 44.8 Å². The number of halogens is 1. The standard InChI is InChI=1S/C28H25BrN6O2/c1-18-7-3-4-12-23(18)25-15-26(35-27(34-25)24(29)17-31-35)30-16-19-8-5-9-20(13-19)32-28(36)33-21-10-6-11-22(14-21)37-2/h3-15,17,30H,16H2,1-2H3,(H2,32,33,36). The number of urea groups is 1. The van der Waals surface area contributed by atoms with Gasteiger partial charge in [-0.2, -0.15) is 9.61 Å². The minimum atomic E-state index is -0.335. The van der Waals surface area contributed by atoms with Gasteiger partial charge in [0.05, 0.1) is 23.5 Å². The maximum Gasteiger partial charge on any atom is 0.323 e. The molecule has 2 aromatic heterocycles. The monoisotopic (exact) mass is 556 g/mol. The summed E-state index contributed by atoms with van der Waals surface area (Å²) in [6, 6.07) is 24.7. The summed E-state index contributed by atoms with van der Waals surface area (Å²) < 4.78 is 7.80. The van der Waals surface area contributed by atoms with Crippen LogP contribution in [-0.4, -0.2) is 27.7 Å². The van der Waals surface area contributed by atoms with E-state index < -0.39 is 0 Å². The van der Waals surface area contributed by atoms with Gasteiger partial charge in [0.2, 0.25) is 0 Å². The Balaban J connectivity index is 1.32. The van der Waals surface area contributed by atoms with Gasteiger partial charge in [-0.3, -0.25) is 0 Å². The molecule has 0 aliphatic rings. The van der Waals surface area contributed by atoms with Crippen molar-refractivity contribution in [3.63, 3.8) is 0 Å². The zero-order valence-electron chi connectivity index (χ0n) is 20.3. The molecule has 0 atom stereocenters. The Morgan fingerprint density at radius 2 is 1.73 bits per heavy atom. The minimum absolute atomic E-state index is 0.335. The molecule has 0 bridgehead atoms. The fourth-order valence-electron chi connectivity index (χ4n) is 4.01. The quantitative estimate of drug-likeness (QED) is 0.206. The first-order valence-electron chi connectivity index (χ1n) is 11.7. The molecule has 0 aliphatic heterocycles. The maximum absolute atomic E-state index is 12.5. The summed E-state index contributed by atoms with van der Waals surface area (Å²) >= 11 is 3.56. The number of hydrogen-bond donors (Lipinski definition) is 3. The van der Waals surface area contributed by atoms with Crippen molar-refractivity contribution in [1.29, 1.82) is 0 Å². The molecule has 0 unspecified atom stereocenters. The number of hydrogen-bond acceptors (Lipinski definition) is 5. The summed E-state index contributed by atoms with van der Waals surface area (Å²) in [5, 5.41) is 13.7. The number of nitrogens with one attached hydrogen (secondary N) is 3. The highest BCUT2D eigenvalue weighted by atomic mass is 79.9. The average molecular weight is 557 g/mol. The zero-order chi connectivity index (χ0) is 25.8. The maximum atomic E-state index is 12.5.